The van der Waals surface area contributed by atoms with Crippen LogP contribution in [0.25, 0.3) is 0 Å². The molecule has 0 aromatic heterocycles. The van der Waals surface area contributed by atoms with Crippen LogP contribution in [0.5, 0.6) is 0 Å². The highest BCUT2D eigenvalue weighted by Gasteiger charge is 1.57. The van der Waals surface area contributed by atoms with Crippen molar-refractivity contribution in [3.63, 3.8) is 0 Å². The van der Waals surface area contributed by atoms with Crippen LogP contribution in [0.15, 0.2) is 36.4 Å². The van der Waals surface area contributed by atoms with Gasteiger partial charge in [0.1, 0.15) is 0 Å². The van der Waals surface area contributed by atoms with Crippen LogP contribution in [0, 0.1) is 0 Å². The van der Waals surface area contributed by atoms with E-state index in [0.29, 0.717) is 0 Å². The Labute approximate surface area is 90.2 Å². The molecule has 1 aromatic rings. The van der Waals surface area contributed by atoms with Crippen molar-refractivity contribution in [2.45, 2.75) is 0 Å². The van der Waals surface area contributed by atoms with Crippen LogP contribution < -0.4 is 0 Å². The van der Waals surface area contributed by atoms with Crippen molar-refractivity contribution >= 4 is 54.0 Å². The maximum atomic E-state index is 2.00. The molecule has 0 saturated heterocycles. The number of rotatable bonds is 0. The van der Waals surface area contributed by atoms with E-state index >= 15 is 0 Å². The zero-order chi connectivity index (χ0) is 4.24. The second-order valence-electron chi connectivity index (χ2n) is 1.15. The van der Waals surface area contributed by atoms with Crippen LogP contribution in [0.2, 0.25) is 0 Å². The SMILES string of the molecule is S.S.S.S.c1ccccc1. The van der Waals surface area contributed by atoms with Gasteiger partial charge in [0.05, 0.1) is 0 Å². The molecule has 0 radical (unpaired) electrons. The van der Waals surface area contributed by atoms with E-state index in [0.717, 1.165) is 0 Å². The Morgan fingerprint density at radius 3 is 0.500 bits per heavy atom. The average molecular weight is 214 g/mol. The van der Waals surface area contributed by atoms with E-state index in [2.05, 4.69) is 0 Å². The standard InChI is InChI=1S/C6H6.4H2S/c1-2-4-6-5-3-1;;;;/h1-6H;4*1H2. The lowest BCUT2D eigenvalue weighted by molar-refractivity contribution is 1.72. The molecule has 62 valence electrons. The second kappa shape index (κ2) is 16.3. The summed E-state index contributed by atoms with van der Waals surface area (Å²) in [6.45, 7) is 0. The molecule has 0 atom stereocenters. The van der Waals surface area contributed by atoms with Crippen LogP contribution in [0.3, 0.4) is 0 Å². The molecule has 4 heteroatoms. The van der Waals surface area contributed by atoms with E-state index in [1.54, 1.807) is 0 Å². The highest BCUT2D eigenvalue weighted by atomic mass is 32.1. The van der Waals surface area contributed by atoms with Crippen molar-refractivity contribution < 1.29 is 0 Å². The van der Waals surface area contributed by atoms with Gasteiger partial charge in [0.25, 0.3) is 0 Å². The number of hydrogen-bond acceptors (Lipinski definition) is 0. The van der Waals surface area contributed by atoms with E-state index in [-0.39, 0.29) is 54.0 Å². The molecule has 1 rings (SSSR count). The molecule has 0 aliphatic carbocycles. The van der Waals surface area contributed by atoms with E-state index < -0.39 is 0 Å². The van der Waals surface area contributed by atoms with Crippen molar-refractivity contribution in [1.82, 2.24) is 0 Å². The lowest BCUT2D eigenvalue weighted by Gasteiger charge is -1.69. The molecule has 0 amide bonds. The molecule has 0 nitrogen and oxygen atoms in total. The summed E-state index contributed by atoms with van der Waals surface area (Å²) < 4.78 is 0. The summed E-state index contributed by atoms with van der Waals surface area (Å²) >= 11 is 0. The maximum Gasteiger partial charge on any atom is -0.0623 e. The second-order valence-corrected chi connectivity index (χ2v) is 1.15. The Morgan fingerprint density at radius 2 is 0.400 bits per heavy atom. The summed E-state index contributed by atoms with van der Waals surface area (Å²) in [6, 6.07) is 12.0. The van der Waals surface area contributed by atoms with Crippen LogP contribution in [-0.2, 0) is 0 Å². The molecule has 0 aliphatic heterocycles. The minimum Gasteiger partial charge on any atom is -0.197 e. The monoisotopic (exact) mass is 214 g/mol. The summed E-state index contributed by atoms with van der Waals surface area (Å²) in [4.78, 5) is 0. The predicted octanol–water partition coefficient (Wildman–Crippen LogP) is 2.14. The molecular formula is C6H14S4. The summed E-state index contributed by atoms with van der Waals surface area (Å²) in [7, 11) is 0. The van der Waals surface area contributed by atoms with Gasteiger partial charge in [-0.05, 0) is 0 Å². The molecule has 0 bridgehead atoms. The van der Waals surface area contributed by atoms with Crippen LogP contribution in [0.1, 0.15) is 0 Å². The van der Waals surface area contributed by atoms with E-state index in [1.165, 1.54) is 0 Å². The molecule has 0 aliphatic rings. The van der Waals surface area contributed by atoms with E-state index in [4.69, 9.17) is 0 Å². The third-order valence-electron chi connectivity index (χ3n) is 0.667. The Hall–Kier alpha value is 0.620. The number of benzene rings is 1. The smallest absolute Gasteiger partial charge is 0.0623 e. The average Bonchev–Trinajstić information content (AvgIpc) is 1.72. The lowest BCUT2D eigenvalue weighted by atomic mass is 10.4. The van der Waals surface area contributed by atoms with Crippen molar-refractivity contribution in [2.75, 3.05) is 0 Å². The van der Waals surface area contributed by atoms with E-state index in [1.807, 2.05) is 36.4 Å². The first-order chi connectivity index (χ1) is 3.00. The fraction of sp³-hybridized carbons (Fsp3) is 0. The highest BCUT2D eigenvalue weighted by molar-refractivity contribution is 7.59. The van der Waals surface area contributed by atoms with Gasteiger partial charge in [0, 0.05) is 0 Å². The predicted molar refractivity (Wildman–Crippen MR) is 68.0 cm³/mol. The van der Waals surface area contributed by atoms with Gasteiger partial charge in [-0.1, -0.05) is 36.4 Å². The molecule has 0 N–H and O–H groups in total. The van der Waals surface area contributed by atoms with Gasteiger partial charge >= 0.3 is 0 Å². The number of hydrogen-bond donors (Lipinski definition) is 0. The molecule has 1 aromatic carbocycles. The fourth-order valence-corrected chi connectivity index (χ4v) is 0.385. The Kier molecular flexibility index (Phi) is 36.6. The van der Waals surface area contributed by atoms with Gasteiger partial charge in [-0.2, -0.15) is 54.0 Å². The molecule has 0 spiro atoms. The zero-order valence-electron chi connectivity index (χ0n) is 5.46. The summed E-state index contributed by atoms with van der Waals surface area (Å²) in [5.74, 6) is 0. The van der Waals surface area contributed by atoms with Gasteiger partial charge < -0.3 is 0 Å². The zero-order valence-corrected chi connectivity index (χ0v) is 9.46. The lowest BCUT2D eigenvalue weighted by Crippen LogP contribution is -1.47. The van der Waals surface area contributed by atoms with Gasteiger partial charge in [-0.15, -0.1) is 0 Å². The Morgan fingerprint density at radius 1 is 0.300 bits per heavy atom. The Bertz CT molecular complexity index is 81.7. The topological polar surface area (TPSA) is 0 Å². The summed E-state index contributed by atoms with van der Waals surface area (Å²) in [6.07, 6.45) is 0. The van der Waals surface area contributed by atoms with Crippen LogP contribution in [-0.4, -0.2) is 0 Å². The normalized spacial score (nSPS) is 4.80. The van der Waals surface area contributed by atoms with Gasteiger partial charge in [-0.3, -0.25) is 0 Å². The minimum absolute atomic E-state index is 0. The molecule has 10 heavy (non-hydrogen) atoms. The first-order valence-corrected chi connectivity index (χ1v) is 2.00. The van der Waals surface area contributed by atoms with Crippen molar-refractivity contribution in [3.05, 3.63) is 36.4 Å². The fourth-order valence-electron chi connectivity index (χ4n) is 0.385. The third-order valence-corrected chi connectivity index (χ3v) is 0.667. The van der Waals surface area contributed by atoms with Crippen molar-refractivity contribution in [3.8, 4) is 0 Å². The van der Waals surface area contributed by atoms with E-state index in [9.17, 15) is 0 Å². The van der Waals surface area contributed by atoms with Gasteiger partial charge in [0.15, 0.2) is 0 Å². The Balaban J connectivity index is -0.0000000450. The van der Waals surface area contributed by atoms with Crippen LogP contribution >= 0.6 is 54.0 Å². The molecule has 0 heterocycles. The quantitative estimate of drug-likeness (QED) is 0.621. The molecule has 0 unspecified atom stereocenters. The third kappa shape index (κ3) is 11.4. The molecule has 0 saturated carbocycles. The largest absolute Gasteiger partial charge is 0.197 e. The first kappa shape index (κ1) is 22.4. The molecular weight excluding hydrogens is 200 g/mol. The summed E-state index contributed by atoms with van der Waals surface area (Å²) in [5.41, 5.74) is 0. The van der Waals surface area contributed by atoms with Gasteiger partial charge in [0.2, 0.25) is 0 Å². The van der Waals surface area contributed by atoms with Crippen LogP contribution in [0.4, 0.5) is 0 Å². The highest BCUT2D eigenvalue weighted by Crippen LogP contribution is 1.79. The first-order valence-electron chi connectivity index (χ1n) is 2.00. The maximum absolute atomic E-state index is 2.00. The van der Waals surface area contributed by atoms with Crippen molar-refractivity contribution in [1.29, 1.82) is 0 Å². The van der Waals surface area contributed by atoms with Gasteiger partial charge in [-0.25, -0.2) is 0 Å². The minimum atomic E-state index is 0. The van der Waals surface area contributed by atoms with Crippen molar-refractivity contribution in [2.24, 2.45) is 0 Å². The summed E-state index contributed by atoms with van der Waals surface area (Å²) in [5, 5.41) is 0. The molecule has 0 fully saturated rings.